The van der Waals surface area contributed by atoms with Crippen LogP contribution in [0.4, 0.5) is 11.6 Å². The zero-order valence-corrected chi connectivity index (χ0v) is 10.7. The fraction of sp³-hybridized carbons (Fsp3) is 0.417. The minimum absolute atomic E-state index is 0.863. The van der Waals surface area contributed by atoms with E-state index >= 15 is 0 Å². The average molecular weight is 246 g/mol. The van der Waals surface area contributed by atoms with E-state index in [1.165, 1.54) is 0 Å². The first-order chi connectivity index (χ1) is 8.81. The van der Waals surface area contributed by atoms with Crippen LogP contribution in [0.3, 0.4) is 0 Å². The third-order valence-corrected chi connectivity index (χ3v) is 2.77. The van der Waals surface area contributed by atoms with Crippen molar-refractivity contribution in [1.29, 1.82) is 0 Å². The van der Waals surface area contributed by atoms with Crippen LogP contribution < -0.4 is 10.6 Å². The molecular formula is C12H18N6. The van der Waals surface area contributed by atoms with Crippen molar-refractivity contribution in [1.82, 2.24) is 19.5 Å². The van der Waals surface area contributed by atoms with E-state index in [9.17, 15) is 0 Å². The number of rotatable bonds is 6. The number of hydrogen-bond acceptors (Lipinski definition) is 5. The van der Waals surface area contributed by atoms with Gasteiger partial charge in [-0.15, -0.1) is 0 Å². The Morgan fingerprint density at radius 3 is 2.83 bits per heavy atom. The number of aryl methyl sites for hydroxylation is 1. The van der Waals surface area contributed by atoms with Crippen molar-refractivity contribution in [2.45, 2.75) is 19.9 Å². The second-order valence-corrected chi connectivity index (χ2v) is 4.03. The topological polar surface area (TPSA) is 67.7 Å². The minimum Gasteiger partial charge on any atom is -0.373 e. The molecule has 0 spiro atoms. The van der Waals surface area contributed by atoms with E-state index in [4.69, 9.17) is 0 Å². The lowest BCUT2D eigenvalue weighted by Gasteiger charge is -2.10. The second kappa shape index (κ2) is 6.00. The summed E-state index contributed by atoms with van der Waals surface area (Å²) < 4.78 is 2.06. The van der Waals surface area contributed by atoms with Gasteiger partial charge < -0.3 is 15.2 Å². The molecule has 2 rings (SSSR count). The van der Waals surface area contributed by atoms with E-state index in [-0.39, 0.29) is 0 Å². The third kappa shape index (κ3) is 2.97. The Balaban J connectivity index is 1.83. The first-order valence-electron chi connectivity index (χ1n) is 6.00. The van der Waals surface area contributed by atoms with Crippen LogP contribution in [-0.2, 0) is 6.54 Å². The van der Waals surface area contributed by atoms with Crippen molar-refractivity contribution in [2.75, 3.05) is 24.2 Å². The van der Waals surface area contributed by atoms with Gasteiger partial charge in [0.1, 0.15) is 18.0 Å². The quantitative estimate of drug-likeness (QED) is 0.756. The van der Waals surface area contributed by atoms with Crippen LogP contribution in [0.2, 0.25) is 0 Å². The summed E-state index contributed by atoms with van der Waals surface area (Å²) in [5.74, 6) is 1.75. The molecule has 6 heteroatoms. The molecular weight excluding hydrogens is 228 g/mol. The van der Waals surface area contributed by atoms with Gasteiger partial charge in [0.15, 0.2) is 0 Å². The molecule has 0 saturated heterocycles. The van der Waals surface area contributed by atoms with Crippen molar-refractivity contribution < 1.29 is 0 Å². The van der Waals surface area contributed by atoms with Crippen molar-refractivity contribution in [3.63, 3.8) is 0 Å². The Kier molecular flexibility index (Phi) is 4.11. The van der Waals surface area contributed by atoms with Gasteiger partial charge in [-0.05, 0) is 13.3 Å². The lowest BCUT2D eigenvalue weighted by Crippen LogP contribution is -2.09. The molecule has 96 valence electrons. The van der Waals surface area contributed by atoms with E-state index in [1.54, 1.807) is 12.5 Å². The molecule has 0 aliphatic heterocycles. The van der Waals surface area contributed by atoms with E-state index < -0.39 is 0 Å². The fourth-order valence-corrected chi connectivity index (χ4v) is 1.77. The molecule has 2 aromatic heterocycles. The summed E-state index contributed by atoms with van der Waals surface area (Å²) in [6.45, 7) is 3.83. The van der Waals surface area contributed by atoms with Crippen molar-refractivity contribution >= 4 is 11.6 Å². The van der Waals surface area contributed by atoms with Gasteiger partial charge >= 0.3 is 0 Å². The number of imidazole rings is 1. The molecule has 0 saturated carbocycles. The molecule has 2 aromatic rings. The maximum Gasteiger partial charge on any atom is 0.134 e. The van der Waals surface area contributed by atoms with Crippen LogP contribution in [0, 0.1) is 6.92 Å². The van der Waals surface area contributed by atoms with Crippen molar-refractivity contribution in [3.05, 3.63) is 30.6 Å². The molecule has 2 heterocycles. The summed E-state index contributed by atoms with van der Waals surface area (Å²) in [4.78, 5) is 12.4. The summed E-state index contributed by atoms with van der Waals surface area (Å²) >= 11 is 0. The Hall–Kier alpha value is -2.11. The third-order valence-electron chi connectivity index (χ3n) is 2.77. The van der Waals surface area contributed by atoms with E-state index in [2.05, 4.69) is 30.2 Å². The van der Waals surface area contributed by atoms with Crippen molar-refractivity contribution in [3.8, 4) is 0 Å². The summed E-state index contributed by atoms with van der Waals surface area (Å²) in [5, 5.41) is 6.37. The summed E-state index contributed by atoms with van der Waals surface area (Å²) in [6, 6.07) is 0. The highest BCUT2D eigenvalue weighted by Crippen LogP contribution is 2.17. The average Bonchev–Trinajstić information content (AvgIpc) is 2.89. The summed E-state index contributed by atoms with van der Waals surface area (Å²) in [6.07, 6.45) is 8.18. The number of nitrogens with one attached hydrogen (secondary N) is 2. The van der Waals surface area contributed by atoms with Crippen LogP contribution in [0.15, 0.2) is 25.0 Å². The Morgan fingerprint density at radius 2 is 2.11 bits per heavy atom. The van der Waals surface area contributed by atoms with Gasteiger partial charge in [0.25, 0.3) is 0 Å². The number of aromatic nitrogens is 4. The number of anilines is 2. The molecule has 0 amide bonds. The highest BCUT2D eigenvalue weighted by Gasteiger charge is 2.04. The maximum atomic E-state index is 4.24. The van der Waals surface area contributed by atoms with Gasteiger partial charge in [-0.2, -0.15) is 0 Å². The molecule has 2 N–H and O–H groups in total. The van der Waals surface area contributed by atoms with Crippen LogP contribution in [0.5, 0.6) is 0 Å². The Morgan fingerprint density at radius 1 is 1.28 bits per heavy atom. The summed E-state index contributed by atoms with van der Waals surface area (Å²) in [7, 11) is 1.86. The monoisotopic (exact) mass is 246 g/mol. The molecule has 0 aliphatic carbocycles. The first kappa shape index (κ1) is 12.3. The van der Waals surface area contributed by atoms with Gasteiger partial charge in [-0.3, -0.25) is 0 Å². The van der Waals surface area contributed by atoms with Gasteiger partial charge in [0.2, 0.25) is 0 Å². The smallest absolute Gasteiger partial charge is 0.134 e. The molecule has 18 heavy (non-hydrogen) atoms. The van der Waals surface area contributed by atoms with Crippen LogP contribution in [0.1, 0.15) is 12.0 Å². The molecule has 0 bridgehead atoms. The second-order valence-electron chi connectivity index (χ2n) is 4.03. The minimum atomic E-state index is 0.863. The predicted molar refractivity (Wildman–Crippen MR) is 71.6 cm³/mol. The Labute approximate surface area is 106 Å². The largest absolute Gasteiger partial charge is 0.373 e. The SMILES string of the molecule is CNc1ncnc(NCCCn2ccnc2)c1C. The van der Waals surface area contributed by atoms with Crippen LogP contribution in [-0.4, -0.2) is 33.1 Å². The van der Waals surface area contributed by atoms with Gasteiger partial charge in [-0.1, -0.05) is 0 Å². The lowest BCUT2D eigenvalue weighted by atomic mass is 10.3. The molecule has 0 unspecified atom stereocenters. The highest BCUT2D eigenvalue weighted by atomic mass is 15.1. The summed E-state index contributed by atoms with van der Waals surface area (Å²) in [5.41, 5.74) is 1.04. The molecule has 6 nitrogen and oxygen atoms in total. The van der Waals surface area contributed by atoms with Crippen molar-refractivity contribution in [2.24, 2.45) is 0 Å². The molecule has 0 fully saturated rings. The number of nitrogens with zero attached hydrogens (tertiary/aromatic N) is 4. The molecule has 0 atom stereocenters. The van der Waals surface area contributed by atoms with E-state index in [0.29, 0.717) is 0 Å². The first-order valence-corrected chi connectivity index (χ1v) is 6.00. The zero-order valence-electron chi connectivity index (χ0n) is 10.7. The predicted octanol–water partition coefficient (Wildman–Crippen LogP) is 1.53. The fourth-order valence-electron chi connectivity index (χ4n) is 1.77. The highest BCUT2D eigenvalue weighted by molar-refractivity contribution is 5.55. The van der Waals surface area contributed by atoms with E-state index in [0.717, 1.165) is 36.7 Å². The van der Waals surface area contributed by atoms with Gasteiger partial charge in [0.05, 0.1) is 6.33 Å². The molecule has 0 aromatic carbocycles. The van der Waals surface area contributed by atoms with Crippen LogP contribution in [0.25, 0.3) is 0 Å². The van der Waals surface area contributed by atoms with Gasteiger partial charge in [0, 0.05) is 38.1 Å². The Bertz CT molecular complexity index is 479. The number of hydrogen-bond donors (Lipinski definition) is 2. The lowest BCUT2D eigenvalue weighted by molar-refractivity contribution is 0.660. The normalized spacial score (nSPS) is 10.3. The molecule has 0 radical (unpaired) electrons. The standard InChI is InChI=1S/C12H18N6/c1-10-11(13-2)16-8-17-12(10)15-4-3-6-18-7-5-14-9-18/h5,7-9H,3-4,6H2,1-2H3,(H2,13,15,16,17). The van der Waals surface area contributed by atoms with Gasteiger partial charge in [-0.25, -0.2) is 15.0 Å². The molecule has 0 aliphatic rings. The van der Waals surface area contributed by atoms with Crippen LogP contribution >= 0.6 is 0 Å². The zero-order chi connectivity index (χ0) is 12.8. The maximum absolute atomic E-state index is 4.24. The van der Waals surface area contributed by atoms with E-state index in [1.807, 2.05) is 26.5 Å².